The summed E-state index contributed by atoms with van der Waals surface area (Å²) in [7, 11) is 0. The highest BCUT2D eigenvalue weighted by atomic mass is 16.5. The summed E-state index contributed by atoms with van der Waals surface area (Å²) in [5, 5.41) is 16.2. The fourth-order valence-electron chi connectivity index (χ4n) is 3.53. The van der Waals surface area contributed by atoms with E-state index in [9.17, 15) is 14.4 Å². The van der Waals surface area contributed by atoms with E-state index in [1.54, 1.807) is 53.4 Å². The molecule has 0 bridgehead atoms. The number of hydrogen-bond donors (Lipinski definition) is 3. The average Bonchev–Trinajstić information content (AvgIpc) is 2.81. The fourth-order valence-corrected chi connectivity index (χ4v) is 3.53. The van der Waals surface area contributed by atoms with E-state index in [0.717, 1.165) is 0 Å². The first-order valence-electron chi connectivity index (χ1n) is 10.3. The van der Waals surface area contributed by atoms with E-state index < -0.39 is 5.97 Å². The van der Waals surface area contributed by atoms with Crippen molar-refractivity contribution in [3.05, 3.63) is 65.7 Å². The number of piperidine rings is 1. The van der Waals surface area contributed by atoms with Gasteiger partial charge in [0.2, 0.25) is 5.91 Å². The van der Waals surface area contributed by atoms with E-state index in [2.05, 4.69) is 0 Å². The Kier molecular flexibility index (Phi) is 7.56. The van der Waals surface area contributed by atoms with Gasteiger partial charge in [-0.3, -0.25) is 19.9 Å². The van der Waals surface area contributed by atoms with Crippen LogP contribution in [-0.2, 0) is 14.3 Å². The first-order valence-corrected chi connectivity index (χ1v) is 10.3. The minimum atomic E-state index is -1.02. The van der Waals surface area contributed by atoms with Crippen molar-refractivity contribution in [1.29, 1.82) is 5.41 Å². The van der Waals surface area contributed by atoms with Crippen LogP contribution in [0, 0.1) is 5.41 Å². The van der Waals surface area contributed by atoms with Gasteiger partial charge < -0.3 is 20.5 Å². The standard InChI is InChI=1S/C23H26N4O5/c24-22(25)16-6-8-17(9-7-16)23(31)27(18-4-2-1-3-5-18)14-20(28)26-12-10-19(11-13-26)32-15-21(29)30/h1-9,19H,10-15H2,(H3,24,25)(H,29,30). The second-order valence-corrected chi connectivity index (χ2v) is 7.50. The van der Waals surface area contributed by atoms with E-state index in [4.69, 9.17) is 21.0 Å². The SMILES string of the molecule is N=C(N)c1ccc(C(=O)N(CC(=O)N2CCC(OCC(=O)O)CC2)c2ccccc2)cc1. The van der Waals surface area contributed by atoms with Crippen LogP contribution in [0.1, 0.15) is 28.8 Å². The fraction of sp³-hybridized carbons (Fsp3) is 0.304. The maximum Gasteiger partial charge on any atom is 0.329 e. The average molecular weight is 438 g/mol. The van der Waals surface area contributed by atoms with Crippen LogP contribution in [0.4, 0.5) is 5.69 Å². The molecule has 1 fully saturated rings. The van der Waals surface area contributed by atoms with E-state index in [1.165, 1.54) is 4.90 Å². The molecule has 32 heavy (non-hydrogen) atoms. The molecule has 2 amide bonds. The highest BCUT2D eigenvalue weighted by molar-refractivity contribution is 6.09. The topological polar surface area (TPSA) is 137 Å². The summed E-state index contributed by atoms with van der Waals surface area (Å²) in [5.41, 5.74) is 6.97. The normalized spacial score (nSPS) is 14.1. The van der Waals surface area contributed by atoms with Gasteiger partial charge in [-0.25, -0.2) is 4.79 Å². The molecule has 0 unspecified atom stereocenters. The zero-order valence-electron chi connectivity index (χ0n) is 17.6. The molecule has 0 aromatic heterocycles. The summed E-state index contributed by atoms with van der Waals surface area (Å²) in [5.74, 6) is -1.63. The molecule has 3 rings (SSSR count). The van der Waals surface area contributed by atoms with Crippen molar-refractivity contribution >= 4 is 29.3 Å². The van der Waals surface area contributed by atoms with E-state index in [0.29, 0.717) is 42.7 Å². The number of nitrogen functional groups attached to an aromatic ring is 1. The molecule has 1 aliphatic heterocycles. The number of nitrogens with one attached hydrogen (secondary N) is 1. The van der Waals surface area contributed by atoms with Crippen molar-refractivity contribution in [2.45, 2.75) is 18.9 Å². The second-order valence-electron chi connectivity index (χ2n) is 7.50. The molecule has 2 aromatic rings. The van der Waals surface area contributed by atoms with Crippen molar-refractivity contribution in [2.24, 2.45) is 5.73 Å². The number of para-hydroxylation sites is 1. The van der Waals surface area contributed by atoms with Crippen molar-refractivity contribution < 1.29 is 24.2 Å². The van der Waals surface area contributed by atoms with E-state index >= 15 is 0 Å². The summed E-state index contributed by atoms with van der Waals surface area (Å²) < 4.78 is 5.32. The van der Waals surface area contributed by atoms with Crippen LogP contribution in [0.2, 0.25) is 0 Å². The maximum atomic E-state index is 13.2. The number of hydrogen-bond acceptors (Lipinski definition) is 5. The zero-order chi connectivity index (χ0) is 23.1. The monoisotopic (exact) mass is 438 g/mol. The van der Waals surface area contributed by atoms with Crippen LogP contribution in [0.25, 0.3) is 0 Å². The summed E-state index contributed by atoms with van der Waals surface area (Å²) >= 11 is 0. The second kappa shape index (κ2) is 10.5. The van der Waals surface area contributed by atoms with Crippen LogP contribution in [0.3, 0.4) is 0 Å². The number of aliphatic carboxylic acids is 1. The van der Waals surface area contributed by atoms with Crippen LogP contribution in [-0.4, -0.2) is 66.0 Å². The Hall–Kier alpha value is -3.72. The number of carbonyl (C=O) groups excluding carboxylic acids is 2. The zero-order valence-corrected chi connectivity index (χ0v) is 17.6. The molecule has 0 saturated carbocycles. The highest BCUT2D eigenvalue weighted by Crippen LogP contribution is 2.19. The lowest BCUT2D eigenvalue weighted by molar-refractivity contribution is -0.146. The lowest BCUT2D eigenvalue weighted by Crippen LogP contribution is -2.47. The Morgan fingerprint density at radius 2 is 1.62 bits per heavy atom. The number of amides is 2. The number of likely N-dealkylation sites (tertiary alicyclic amines) is 1. The third-order valence-corrected chi connectivity index (χ3v) is 5.29. The molecule has 0 radical (unpaired) electrons. The van der Waals surface area contributed by atoms with Gasteiger partial charge in [0.15, 0.2) is 0 Å². The number of nitrogens with zero attached hydrogens (tertiary/aromatic N) is 2. The lowest BCUT2D eigenvalue weighted by Gasteiger charge is -2.33. The number of carbonyl (C=O) groups is 3. The molecular weight excluding hydrogens is 412 g/mol. The molecule has 0 aliphatic carbocycles. The van der Waals surface area contributed by atoms with Gasteiger partial charge in [-0.1, -0.05) is 30.3 Å². The Bertz CT molecular complexity index is 970. The van der Waals surface area contributed by atoms with Gasteiger partial charge in [-0.15, -0.1) is 0 Å². The van der Waals surface area contributed by atoms with Gasteiger partial charge in [0.05, 0.1) is 6.10 Å². The first kappa shape index (κ1) is 23.0. The molecule has 1 saturated heterocycles. The van der Waals surface area contributed by atoms with Crippen molar-refractivity contribution in [3.63, 3.8) is 0 Å². The molecule has 0 atom stereocenters. The van der Waals surface area contributed by atoms with Crippen LogP contribution >= 0.6 is 0 Å². The number of ether oxygens (including phenoxy) is 1. The molecule has 9 nitrogen and oxygen atoms in total. The van der Waals surface area contributed by atoms with Crippen LogP contribution in [0.15, 0.2) is 54.6 Å². The molecule has 4 N–H and O–H groups in total. The predicted molar refractivity (Wildman–Crippen MR) is 119 cm³/mol. The Balaban J connectivity index is 1.70. The number of carboxylic acid groups (broad SMARTS) is 1. The summed E-state index contributed by atoms with van der Waals surface area (Å²) in [6.07, 6.45) is 0.900. The predicted octanol–water partition coefficient (Wildman–Crippen LogP) is 1.71. The molecule has 1 heterocycles. The van der Waals surface area contributed by atoms with E-state index in [1.807, 2.05) is 6.07 Å². The third kappa shape index (κ3) is 5.92. The Morgan fingerprint density at radius 1 is 1.03 bits per heavy atom. The van der Waals surface area contributed by atoms with Gasteiger partial charge in [0.25, 0.3) is 5.91 Å². The van der Waals surface area contributed by atoms with Crippen molar-refractivity contribution in [3.8, 4) is 0 Å². The van der Waals surface area contributed by atoms with Crippen molar-refractivity contribution in [1.82, 2.24) is 4.90 Å². The minimum absolute atomic E-state index is 0.0881. The summed E-state index contributed by atoms with van der Waals surface area (Å²) in [4.78, 5) is 40.0. The molecule has 1 aliphatic rings. The number of anilines is 1. The summed E-state index contributed by atoms with van der Waals surface area (Å²) in [6, 6.07) is 15.3. The minimum Gasteiger partial charge on any atom is -0.480 e. The number of rotatable bonds is 8. The van der Waals surface area contributed by atoms with Crippen LogP contribution in [0.5, 0.6) is 0 Å². The Labute approximate surface area is 185 Å². The molecule has 0 spiro atoms. The first-order chi connectivity index (χ1) is 15.3. The quantitative estimate of drug-likeness (QED) is 0.424. The van der Waals surface area contributed by atoms with E-state index in [-0.39, 0.29) is 36.9 Å². The number of carboxylic acids is 1. The number of nitrogens with two attached hydrogens (primary N) is 1. The van der Waals surface area contributed by atoms with Gasteiger partial charge in [0.1, 0.15) is 19.0 Å². The summed E-state index contributed by atoms with van der Waals surface area (Å²) in [6.45, 7) is 0.399. The highest BCUT2D eigenvalue weighted by Gasteiger charge is 2.27. The Morgan fingerprint density at radius 3 is 2.19 bits per heavy atom. The number of benzene rings is 2. The van der Waals surface area contributed by atoms with Gasteiger partial charge in [0, 0.05) is 29.9 Å². The lowest BCUT2D eigenvalue weighted by atomic mass is 10.1. The van der Waals surface area contributed by atoms with Gasteiger partial charge >= 0.3 is 5.97 Å². The van der Waals surface area contributed by atoms with Gasteiger partial charge in [-0.2, -0.15) is 0 Å². The molecule has 168 valence electrons. The largest absolute Gasteiger partial charge is 0.480 e. The van der Waals surface area contributed by atoms with Gasteiger partial charge in [-0.05, 0) is 37.1 Å². The number of amidine groups is 1. The smallest absolute Gasteiger partial charge is 0.329 e. The van der Waals surface area contributed by atoms with Crippen molar-refractivity contribution in [2.75, 3.05) is 31.1 Å². The van der Waals surface area contributed by atoms with Crippen LogP contribution < -0.4 is 10.6 Å². The molecule has 2 aromatic carbocycles. The third-order valence-electron chi connectivity index (χ3n) is 5.29. The molecular formula is C23H26N4O5. The maximum absolute atomic E-state index is 13.2. The molecule has 9 heteroatoms.